The summed E-state index contributed by atoms with van der Waals surface area (Å²) in [6, 6.07) is 4.18. The molecule has 1 heterocycles. The van der Waals surface area contributed by atoms with Crippen LogP contribution in [-0.4, -0.2) is 17.0 Å². The number of aliphatic hydroxyl groups is 1. The number of rotatable bonds is 1. The summed E-state index contributed by atoms with van der Waals surface area (Å²) in [5.74, 6) is 2.19. The maximum atomic E-state index is 13.4. The van der Waals surface area contributed by atoms with E-state index in [9.17, 15) is 9.90 Å². The van der Waals surface area contributed by atoms with Gasteiger partial charge in [0, 0.05) is 10.3 Å². The van der Waals surface area contributed by atoms with Gasteiger partial charge in [0.15, 0.2) is 5.78 Å². The van der Waals surface area contributed by atoms with Crippen molar-refractivity contribution in [3.63, 3.8) is 0 Å². The van der Waals surface area contributed by atoms with Crippen molar-refractivity contribution in [1.82, 2.24) is 0 Å². The van der Waals surface area contributed by atoms with Crippen LogP contribution in [0, 0.1) is 28.6 Å². The van der Waals surface area contributed by atoms with E-state index in [0.717, 1.165) is 44.1 Å². The molecule has 1 aromatic rings. The molecule has 0 spiro atoms. The largest absolute Gasteiger partial charge is 0.393 e. The highest BCUT2D eigenvalue weighted by Gasteiger charge is 2.59. The van der Waals surface area contributed by atoms with Gasteiger partial charge in [-0.2, -0.15) is 0 Å². The van der Waals surface area contributed by atoms with E-state index in [1.165, 1.54) is 16.9 Å². The minimum absolute atomic E-state index is 0.150. The van der Waals surface area contributed by atoms with Crippen LogP contribution < -0.4 is 0 Å². The number of Topliss-reactive ketones (excluding diaryl/α,β-unsaturated/α-hetero) is 1. The van der Waals surface area contributed by atoms with E-state index in [1.807, 2.05) is 0 Å². The molecule has 0 bridgehead atoms. The molecule has 4 aliphatic rings. The van der Waals surface area contributed by atoms with Gasteiger partial charge < -0.3 is 5.11 Å². The highest BCUT2D eigenvalue weighted by Crippen LogP contribution is 2.64. The van der Waals surface area contributed by atoms with E-state index in [1.54, 1.807) is 11.3 Å². The maximum Gasteiger partial charge on any atom is 0.165 e. The van der Waals surface area contributed by atoms with Crippen LogP contribution in [0.25, 0.3) is 6.08 Å². The van der Waals surface area contributed by atoms with Crippen molar-refractivity contribution in [2.75, 3.05) is 0 Å². The summed E-state index contributed by atoms with van der Waals surface area (Å²) in [5, 5.41) is 12.2. The van der Waals surface area contributed by atoms with E-state index < -0.39 is 0 Å². The Balaban J connectivity index is 1.49. The van der Waals surface area contributed by atoms with Gasteiger partial charge >= 0.3 is 0 Å². The van der Waals surface area contributed by atoms with Crippen LogP contribution in [0.3, 0.4) is 0 Å². The smallest absolute Gasteiger partial charge is 0.165 e. The second-order valence-corrected chi connectivity index (χ2v) is 10.8. The van der Waals surface area contributed by atoms with E-state index in [0.29, 0.717) is 23.5 Å². The maximum absolute atomic E-state index is 13.4. The van der Waals surface area contributed by atoms with Gasteiger partial charge in [0.2, 0.25) is 0 Å². The second kappa shape index (κ2) is 6.15. The number of fused-ring (bicyclic) bond motifs is 5. The molecule has 2 nitrogen and oxygen atoms in total. The van der Waals surface area contributed by atoms with Gasteiger partial charge in [0.05, 0.1) is 6.10 Å². The summed E-state index contributed by atoms with van der Waals surface area (Å²) in [6.07, 6.45) is 11.6. The Morgan fingerprint density at radius 1 is 1.15 bits per heavy atom. The lowest BCUT2D eigenvalue weighted by Crippen LogP contribution is -2.50. The number of ketones is 1. The molecule has 3 heteroatoms. The second-order valence-electron chi connectivity index (χ2n) is 9.83. The summed E-state index contributed by atoms with van der Waals surface area (Å²) >= 11 is 1.72. The Labute approximate surface area is 166 Å². The van der Waals surface area contributed by atoms with Crippen molar-refractivity contribution < 1.29 is 9.90 Å². The predicted molar refractivity (Wildman–Crippen MR) is 110 cm³/mol. The zero-order valence-corrected chi connectivity index (χ0v) is 17.2. The predicted octanol–water partition coefficient (Wildman–Crippen LogP) is 5.63. The first-order valence-corrected chi connectivity index (χ1v) is 11.5. The van der Waals surface area contributed by atoms with Crippen LogP contribution in [0.1, 0.15) is 63.7 Å². The average molecular weight is 383 g/mol. The summed E-state index contributed by atoms with van der Waals surface area (Å²) < 4.78 is 0. The van der Waals surface area contributed by atoms with Crippen LogP contribution in [0.15, 0.2) is 34.7 Å². The minimum atomic E-state index is -0.167. The first-order chi connectivity index (χ1) is 12.9. The fraction of sp³-hybridized carbons (Fsp3) is 0.625. The highest BCUT2D eigenvalue weighted by molar-refractivity contribution is 7.10. The van der Waals surface area contributed by atoms with Gasteiger partial charge in [-0.25, -0.2) is 0 Å². The summed E-state index contributed by atoms with van der Waals surface area (Å²) in [4.78, 5) is 14.6. The van der Waals surface area contributed by atoms with Gasteiger partial charge in [0.1, 0.15) is 0 Å². The molecule has 6 unspecified atom stereocenters. The topological polar surface area (TPSA) is 37.3 Å². The van der Waals surface area contributed by atoms with E-state index in [4.69, 9.17) is 0 Å². The Morgan fingerprint density at radius 3 is 2.74 bits per heavy atom. The number of hydrogen-bond donors (Lipinski definition) is 1. The van der Waals surface area contributed by atoms with Crippen LogP contribution in [0.4, 0.5) is 0 Å². The lowest BCUT2D eigenvalue weighted by molar-refractivity contribution is -0.130. The van der Waals surface area contributed by atoms with Crippen LogP contribution in [-0.2, 0) is 4.79 Å². The van der Waals surface area contributed by atoms with E-state index in [2.05, 4.69) is 43.5 Å². The molecular weight excluding hydrogens is 352 g/mol. The number of hydrogen-bond acceptors (Lipinski definition) is 3. The molecular formula is C24H30O2S. The Kier molecular flexibility index (Phi) is 4.07. The molecule has 6 atom stereocenters. The first kappa shape index (κ1) is 17.9. The Hall–Kier alpha value is -1.19. The van der Waals surface area contributed by atoms with Gasteiger partial charge in [-0.05, 0) is 91.2 Å². The molecule has 0 saturated heterocycles. The number of carbonyl (C=O) groups excluding carboxylic acids is 1. The zero-order valence-electron chi connectivity index (χ0n) is 16.4. The SMILES string of the molecule is CC12CCC3C(CC=C4CC(O)CCC43C)C1CC(=Cc1cccs1)C2=O. The van der Waals surface area contributed by atoms with Crippen LogP contribution in [0.2, 0.25) is 0 Å². The fourth-order valence-electron chi connectivity index (χ4n) is 6.99. The van der Waals surface area contributed by atoms with E-state index in [-0.39, 0.29) is 16.9 Å². The zero-order chi connectivity index (χ0) is 18.8. The molecule has 3 fully saturated rings. The Bertz CT molecular complexity index is 819. The molecule has 0 amide bonds. The van der Waals surface area contributed by atoms with E-state index >= 15 is 0 Å². The molecule has 27 heavy (non-hydrogen) atoms. The number of carbonyl (C=O) groups is 1. The normalized spacial score (nSPS) is 45.2. The first-order valence-electron chi connectivity index (χ1n) is 10.6. The molecule has 3 saturated carbocycles. The molecule has 5 rings (SSSR count). The van der Waals surface area contributed by atoms with Gasteiger partial charge in [-0.1, -0.05) is 31.6 Å². The highest BCUT2D eigenvalue weighted by atomic mass is 32.1. The van der Waals surface area contributed by atoms with Crippen molar-refractivity contribution in [2.45, 2.75) is 64.9 Å². The van der Waals surface area contributed by atoms with Crippen molar-refractivity contribution >= 4 is 23.2 Å². The fourth-order valence-corrected chi connectivity index (χ4v) is 7.67. The van der Waals surface area contributed by atoms with Gasteiger partial charge in [0.25, 0.3) is 0 Å². The quantitative estimate of drug-likeness (QED) is 0.504. The molecule has 1 N–H and O–H groups in total. The number of aliphatic hydroxyl groups excluding tert-OH is 1. The lowest BCUT2D eigenvalue weighted by atomic mass is 9.48. The van der Waals surface area contributed by atoms with Crippen molar-refractivity contribution in [2.24, 2.45) is 28.6 Å². The molecule has 0 radical (unpaired) electrons. The molecule has 144 valence electrons. The van der Waals surface area contributed by atoms with Gasteiger partial charge in [-0.15, -0.1) is 11.3 Å². The monoisotopic (exact) mass is 382 g/mol. The summed E-state index contributed by atoms with van der Waals surface area (Å²) in [7, 11) is 0. The third-order valence-electron chi connectivity index (χ3n) is 8.58. The average Bonchev–Trinajstić information content (AvgIpc) is 3.24. The van der Waals surface area contributed by atoms with Crippen molar-refractivity contribution in [3.05, 3.63) is 39.6 Å². The van der Waals surface area contributed by atoms with Crippen molar-refractivity contribution in [3.8, 4) is 0 Å². The standard InChI is InChI=1S/C24H30O2S/c1-23-9-7-17(25)14-16(23)5-6-19-20(23)8-10-24(2)21(19)13-15(22(24)26)12-18-4-3-11-27-18/h3-5,11-12,17,19-21,25H,6-10,13-14H2,1-2H3. The third kappa shape index (κ3) is 2.57. The number of thiophene rings is 1. The lowest BCUT2D eigenvalue weighted by Gasteiger charge is -2.56. The van der Waals surface area contributed by atoms with Crippen LogP contribution in [0.5, 0.6) is 0 Å². The van der Waals surface area contributed by atoms with Crippen LogP contribution >= 0.6 is 11.3 Å². The summed E-state index contributed by atoms with van der Waals surface area (Å²) in [6.45, 7) is 4.70. The molecule has 1 aromatic heterocycles. The Morgan fingerprint density at radius 2 is 1.96 bits per heavy atom. The minimum Gasteiger partial charge on any atom is -0.393 e. The molecule has 4 aliphatic carbocycles. The molecule has 0 aromatic carbocycles. The van der Waals surface area contributed by atoms with Gasteiger partial charge in [-0.3, -0.25) is 4.79 Å². The third-order valence-corrected chi connectivity index (χ3v) is 9.40. The summed E-state index contributed by atoms with van der Waals surface area (Å²) in [5.41, 5.74) is 2.64. The van der Waals surface area contributed by atoms with Crippen molar-refractivity contribution in [1.29, 1.82) is 0 Å². The molecule has 0 aliphatic heterocycles. The number of allylic oxidation sites excluding steroid dienone is 2.